The summed E-state index contributed by atoms with van der Waals surface area (Å²) >= 11 is 0. The van der Waals surface area contributed by atoms with Gasteiger partial charge in [-0.2, -0.15) is 0 Å². The van der Waals surface area contributed by atoms with Gasteiger partial charge in [-0.1, -0.05) is 133 Å². The molecule has 10 atom stereocenters. The Hall–Kier alpha value is -3.70. The minimum absolute atomic E-state index is 0.128. The lowest BCUT2D eigenvalue weighted by molar-refractivity contribution is -0.306. The molecule has 296 valence electrons. The molecule has 3 saturated heterocycles. The molecule has 0 aliphatic carbocycles. The van der Waals surface area contributed by atoms with E-state index in [2.05, 4.69) is 60.7 Å². The summed E-state index contributed by atoms with van der Waals surface area (Å²) in [5.41, 5.74) is 4.49. The second-order valence-electron chi connectivity index (χ2n) is 15.7. The van der Waals surface area contributed by atoms with E-state index in [1.165, 1.54) is 0 Å². The highest BCUT2D eigenvalue weighted by Crippen LogP contribution is 2.40. The van der Waals surface area contributed by atoms with Crippen molar-refractivity contribution in [2.24, 2.45) is 0 Å². The summed E-state index contributed by atoms with van der Waals surface area (Å²) in [5, 5.41) is 0. The number of hydrogen-bond acceptors (Lipinski definition) is 8. The summed E-state index contributed by atoms with van der Waals surface area (Å²) < 4.78 is 54.0. The predicted octanol–water partition coefficient (Wildman–Crippen LogP) is 8.90. The van der Waals surface area contributed by atoms with E-state index in [-0.39, 0.29) is 54.9 Å². The van der Waals surface area contributed by atoms with Crippen LogP contribution in [0, 0.1) is 0 Å². The molecule has 0 unspecified atom stereocenters. The van der Waals surface area contributed by atoms with Gasteiger partial charge in [0.2, 0.25) is 0 Å². The van der Waals surface area contributed by atoms with Crippen molar-refractivity contribution in [3.8, 4) is 0 Å². The highest BCUT2D eigenvalue weighted by atomic mass is 16.7. The average Bonchev–Trinajstić information content (AvgIpc) is 3.64. The maximum atomic E-state index is 7.02. The SMILES string of the molecule is C[C@@]1(OCc2ccccc2)O[C@H]2CC[C@H]3O[C@H]4CC[C@@H](OCc5ccccc5)[C@H](COCc5ccccc5)O[C@@H]4C=C[C@@H]3O[C@@H]2CC[C@@H]1OCc1ccccc1. The van der Waals surface area contributed by atoms with E-state index in [1.807, 2.05) is 79.7 Å². The zero-order chi connectivity index (χ0) is 38.0. The second kappa shape index (κ2) is 19.2. The third-order valence-electron chi connectivity index (χ3n) is 11.6. The maximum Gasteiger partial charge on any atom is 0.192 e. The van der Waals surface area contributed by atoms with Crippen molar-refractivity contribution in [3.63, 3.8) is 0 Å². The summed E-state index contributed by atoms with van der Waals surface area (Å²) in [7, 11) is 0. The fourth-order valence-corrected chi connectivity index (χ4v) is 8.44. The summed E-state index contributed by atoms with van der Waals surface area (Å²) in [4.78, 5) is 0. The standard InChI is InChI=1S/C48H56O8/c1-48(52-33-38-20-12-5-13-21-38)47(51-32-37-18-10-4-11-19-37)29-28-44-45(56-48)27-26-42-41(54-44)24-25-43-40(53-42)23-22-39(50-31-36-16-8-3-9-17-36)46(55-43)34-49-30-35-14-6-2-7-15-35/h2-21,24-25,39-47H,22-23,26-34H2,1H3/t39-,40+,41+,42-,43-,44-,45+,46+,47+,48-/m1/s1. The maximum absolute atomic E-state index is 7.02. The molecule has 4 aliphatic rings. The van der Waals surface area contributed by atoms with Gasteiger partial charge in [0.05, 0.1) is 63.6 Å². The van der Waals surface area contributed by atoms with Crippen LogP contribution in [0.3, 0.4) is 0 Å². The van der Waals surface area contributed by atoms with Crippen molar-refractivity contribution in [1.29, 1.82) is 0 Å². The van der Waals surface area contributed by atoms with Crippen LogP contribution in [0.1, 0.15) is 67.7 Å². The third-order valence-corrected chi connectivity index (χ3v) is 11.6. The van der Waals surface area contributed by atoms with Crippen molar-refractivity contribution >= 4 is 0 Å². The molecule has 0 saturated carbocycles. The fraction of sp³-hybridized carbons (Fsp3) is 0.458. The van der Waals surface area contributed by atoms with Crippen LogP contribution in [0.15, 0.2) is 133 Å². The molecular weight excluding hydrogens is 705 g/mol. The number of hydrogen-bond donors (Lipinski definition) is 0. The molecule has 0 radical (unpaired) electrons. The van der Waals surface area contributed by atoms with Gasteiger partial charge >= 0.3 is 0 Å². The van der Waals surface area contributed by atoms with Crippen LogP contribution in [0.5, 0.6) is 0 Å². The summed E-state index contributed by atoms with van der Waals surface area (Å²) in [5.74, 6) is -0.969. The molecule has 0 spiro atoms. The van der Waals surface area contributed by atoms with Gasteiger partial charge < -0.3 is 37.9 Å². The van der Waals surface area contributed by atoms with Crippen LogP contribution >= 0.6 is 0 Å². The van der Waals surface area contributed by atoms with Gasteiger partial charge in [-0.15, -0.1) is 0 Å². The Balaban J connectivity index is 0.956. The van der Waals surface area contributed by atoms with Crippen LogP contribution < -0.4 is 0 Å². The highest BCUT2D eigenvalue weighted by Gasteiger charge is 2.48. The predicted molar refractivity (Wildman–Crippen MR) is 213 cm³/mol. The molecule has 0 N–H and O–H groups in total. The van der Waals surface area contributed by atoms with E-state index in [0.29, 0.717) is 33.0 Å². The van der Waals surface area contributed by atoms with Crippen LogP contribution in [-0.2, 0) is 64.3 Å². The van der Waals surface area contributed by atoms with Gasteiger partial charge in [-0.3, -0.25) is 0 Å². The Morgan fingerprint density at radius 3 is 1.62 bits per heavy atom. The Morgan fingerprint density at radius 1 is 0.500 bits per heavy atom. The molecule has 4 aromatic rings. The Bertz CT molecular complexity index is 1770. The third kappa shape index (κ3) is 10.2. The molecule has 8 nitrogen and oxygen atoms in total. The monoisotopic (exact) mass is 760 g/mol. The van der Waals surface area contributed by atoms with E-state index in [0.717, 1.165) is 60.8 Å². The van der Waals surface area contributed by atoms with Crippen molar-refractivity contribution in [3.05, 3.63) is 156 Å². The van der Waals surface area contributed by atoms with Crippen molar-refractivity contribution in [1.82, 2.24) is 0 Å². The van der Waals surface area contributed by atoms with Crippen LogP contribution in [0.2, 0.25) is 0 Å². The Labute approximate surface area is 332 Å². The van der Waals surface area contributed by atoms with Crippen LogP contribution in [0.4, 0.5) is 0 Å². The van der Waals surface area contributed by atoms with Gasteiger partial charge in [0.1, 0.15) is 24.4 Å². The highest BCUT2D eigenvalue weighted by molar-refractivity contribution is 5.16. The number of ether oxygens (including phenoxy) is 8. The quantitative estimate of drug-likeness (QED) is 0.125. The molecule has 4 aliphatic heterocycles. The molecule has 8 heteroatoms. The molecule has 3 fully saturated rings. The first-order chi connectivity index (χ1) is 27.6. The van der Waals surface area contributed by atoms with Gasteiger partial charge in [0, 0.05) is 0 Å². The molecule has 0 amide bonds. The topological polar surface area (TPSA) is 73.8 Å². The normalized spacial score (nSPS) is 31.8. The molecule has 0 aromatic heterocycles. The number of fused-ring (bicyclic) bond motifs is 3. The zero-order valence-corrected chi connectivity index (χ0v) is 32.4. The van der Waals surface area contributed by atoms with Gasteiger partial charge in [-0.25, -0.2) is 0 Å². The van der Waals surface area contributed by atoms with Crippen molar-refractivity contribution in [2.45, 2.75) is 133 Å². The largest absolute Gasteiger partial charge is 0.374 e. The summed E-state index contributed by atoms with van der Waals surface area (Å²) in [6.45, 7) is 4.41. The zero-order valence-electron chi connectivity index (χ0n) is 32.4. The first kappa shape index (κ1) is 39.1. The second-order valence-corrected chi connectivity index (χ2v) is 15.7. The Kier molecular flexibility index (Phi) is 13.4. The lowest BCUT2D eigenvalue weighted by Gasteiger charge is -2.38. The average molecular weight is 761 g/mol. The number of benzene rings is 4. The fourth-order valence-electron chi connectivity index (χ4n) is 8.44. The first-order valence-corrected chi connectivity index (χ1v) is 20.5. The minimum Gasteiger partial charge on any atom is -0.374 e. The summed E-state index contributed by atoms with van der Waals surface area (Å²) in [6.07, 6.45) is 7.34. The van der Waals surface area contributed by atoms with Crippen LogP contribution in [0.25, 0.3) is 0 Å². The van der Waals surface area contributed by atoms with Gasteiger partial charge in [-0.05, 0) is 67.7 Å². The molecular formula is C48H56O8. The van der Waals surface area contributed by atoms with E-state index < -0.39 is 5.79 Å². The molecule has 4 heterocycles. The minimum atomic E-state index is -0.969. The van der Waals surface area contributed by atoms with E-state index in [4.69, 9.17) is 37.9 Å². The molecule has 56 heavy (non-hydrogen) atoms. The van der Waals surface area contributed by atoms with Gasteiger partial charge in [0.15, 0.2) is 5.79 Å². The molecule has 0 bridgehead atoms. The molecule has 4 aromatic carbocycles. The summed E-state index contributed by atoms with van der Waals surface area (Å²) in [6, 6.07) is 41.1. The van der Waals surface area contributed by atoms with Gasteiger partial charge in [0.25, 0.3) is 0 Å². The smallest absolute Gasteiger partial charge is 0.192 e. The lowest BCUT2D eigenvalue weighted by atomic mass is 10.0. The van der Waals surface area contributed by atoms with E-state index in [1.54, 1.807) is 0 Å². The van der Waals surface area contributed by atoms with E-state index in [9.17, 15) is 0 Å². The number of rotatable bonds is 13. The van der Waals surface area contributed by atoms with Crippen molar-refractivity contribution < 1.29 is 37.9 Å². The first-order valence-electron chi connectivity index (χ1n) is 20.5. The van der Waals surface area contributed by atoms with E-state index >= 15 is 0 Å². The van der Waals surface area contributed by atoms with Crippen molar-refractivity contribution in [2.75, 3.05) is 6.61 Å². The van der Waals surface area contributed by atoms with Crippen LogP contribution in [-0.4, -0.2) is 67.3 Å². The lowest BCUT2D eigenvalue weighted by Crippen LogP contribution is -2.47. The molecule has 8 rings (SSSR count). The Morgan fingerprint density at radius 2 is 1.00 bits per heavy atom.